The van der Waals surface area contributed by atoms with Crippen LogP contribution in [0.4, 0.5) is 0 Å². The summed E-state index contributed by atoms with van der Waals surface area (Å²) in [6, 6.07) is 6.47. The Hall–Kier alpha value is -3.02. The number of carbonyl (C=O) groups is 4. The molecule has 0 saturated heterocycles. The highest BCUT2D eigenvalue weighted by atomic mass is 16.2. The highest BCUT2D eigenvalue weighted by Crippen LogP contribution is 2.69. The monoisotopic (exact) mass is 460 g/mol. The summed E-state index contributed by atoms with van der Waals surface area (Å²) in [7, 11) is 0. The van der Waals surface area contributed by atoms with Crippen LogP contribution in [0.2, 0.25) is 0 Å². The Kier molecular flexibility index (Phi) is 4.84. The van der Waals surface area contributed by atoms with Crippen molar-refractivity contribution in [3.63, 3.8) is 0 Å². The van der Waals surface area contributed by atoms with Crippen LogP contribution in [-0.4, -0.2) is 23.4 Å². The maximum absolute atomic E-state index is 12.8. The van der Waals surface area contributed by atoms with Crippen molar-refractivity contribution in [2.45, 2.75) is 54.4 Å². The van der Waals surface area contributed by atoms with Gasteiger partial charge in [0.1, 0.15) is 0 Å². The van der Waals surface area contributed by atoms with Gasteiger partial charge in [-0.3, -0.25) is 19.2 Å². The molecule has 4 aliphatic rings. The van der Waals surface area contributed by atoms with Gasteiger partial charge >= 0.3 is 0 Å². The summed E-state index contributed by atoms with van der Waals surface area (Å²) in [5.74, 6) is 0.767. The first-order chi connectivity index (χ1) is 15.9. The fourth-order valence-corrected chi connectivity index (χ4v) is 6.72. The molecule has 5 rings (SSSR count). The zero-order valence-corrected chi connectivity index (χ0v) is 20.7. The standard InChI is InChI=1S/C28H32N2O4/c1-13(31)21-19(11-17-23(21)27(17,3)4)29-25(33)15-7-9-16(10-8-15)26(34)30-20-12-18-24(28(18,5)6)22(20)14(2)32/h7-10,17-18,23-24H,11-12H2,1-6H3,(H,29,33)(H,30,34)/t17-,18-,23-,24+/m0/s1. The van der Waals surface area contributed by atoms with Crippen molar-refractivity contribution >= 4 is 23.4 Å². The van der Waals surface area contributed by atoms with Gasteiger partial charge < -0.3 is 10.6 Å². The van der Waals surface area contributed by atoms with Crippen LogP contribution in [0.15, 0.2) is 46.8 Å². The van der Waals surface area contributed by atoms with Gasteiger partial charge in [-0.25, -0.2) is 0 Å². The number of fused-ring (bicyclic) bond motifs is 2. The molecule has 0 spiro atoms. The molecule has 0 aliphatic heterocycles. The molecule has 6 heteroatoms. The van der Waals surface area contributed by atoms with Crippen LogP contribution in [0.3, 0.4) is 0 Å². The van der Waals surface area contributed by atoms with Gasteiger partial charge in [0.05, 0.1) is 0 Å². The van der Waals surface area contributed by atoms with E-state index in [-0.39, 0.29) is 46.0 Å². The van der Waals surface area contributed by atoms with E-state index in [2.05, 4.69) is 38.3 Å². The van der Waals surface area contributed by atoms with Gasteiger partial charge in [0.15, 0.2) is 11.6 Å². The molecule has 178 valence electrons. The first-order valence-electron chi connectivity index (χ1n) is 12.1. The number of rotatable bonds is 6. The summed E-state index contributed by atoms with van der Waals surface area (Å²) < 4.78 is 0. The smallest absolute Gasteiger partial charge is 0.255 e. The third-order valence-electron chi connectivity index (χ3n) is 8.92. The van der Waals surface area contributed by atoms with Gasteiger partial charge in [-0.05, 0) is 85.5 Å². The molecule has 0 aromatic heterocycles. The fourth-order valence-electron chi connectivity index (χ4n) is 6.72. The number of hydrogen-bond donors (Lipinski definition) is 2. The number of nitrogens with one attached hydrogen (secondary N) is 2. The molecular formula is C28H32N2O4. The Morgan fingerprint density at radius 2 is 1.00 bits per heavy atom. The van der Waals surface area contributed by atoms with Crippen molar-refractivity contribution in [1.82, 2.24) is 10.6 Å². The minimum absolute atomic E-state index is 0.0209. The lowest BCUT2D eigenvalue weighted by molar-refractivity contribution is -0.114. The minimum atomic E-state index is -0.278. The van der Waals surface area contributed by atoms with Crippen molar-refractivity contribution < 1.29 is 19.2 Å². The van der Waals surface area contributed by atoms with Crippen LogP contribution >= 0.6 is 0 Å². The zero-order chi connectivity index (χ0) is 24.7. The second-order valence-corrected chi connectivity index (χ2v) is 11.6. The number of benzene rings is 1. The molecular weight excluding hydrogens is 428 g/mol. The van der Waals surface area contributed by atoms with Gasteiger partial charge in [0.2, 0.25) is 0 Å². The summed E-state index contributed by atoms with van der Waals surface area (Å²) >= 11 is 0. The summed E-state index contributed by atoms with van der Waals surface area (Å²) in [4.78, 5) is 50.1. The molecule has 0 unspecified atom stereocenters. The molecule has 1 aromatic carbocycles. The summed E-state index contributed by atoms with van der Waals surface area (Å²) in [5, 5.41) is 5.89. The van der Waals surface area contributed by atoms with Crippen LogP contribution in [-0.2, 0) is 9.59 Å². The van der Waals surface area contributed by atoms with E-state index in [1.54, 1.807) is 38.1 Å². The van der Waals surface area contributed by atoms with Gasteiger partial charge in [-0.2, -0.15) is 0 Å². The lowest BCUT2D eigenvalue weighted by Gasteiger charge is -2.16. The van der Waals surface area contributed by atoms with E-state index in [4.69, 9.17) is 0 Å². The second kappa shape index (κ2) is 7.24. The Labute approximate surface area is 200 Å². The van der Waals surface area contributed by atoms with E-state index in [0.29, 0.717) is 35.8 Å². The number of carbonyl (C=O) groups excluding carboxylic acids is 4. The minimum Gasteiger partial charge on any atom is -0.325 e. The van der Waals surface area contributed by atoms with E-state index >= 15 is 0 Å². The third kappa shape index (κ3) is 3.29. The Bertz CT molecular complexity index is 1120. The Morgan fingerprint density at radius 3 is 1.29 bits per heavy atom. The number of hydrogen-bond acceptors (Lipinski definition) is 4. The predicted octanol–water partition coefficient (Wildman–Crippen LogP) is 4.18. The Balaban J connectivity index is 1.27. The second-order valence-electron chi connectivity index (χ2n) is 11.6. The van der Waals surface area contributed by atoms with Crippen LogP contribution < -0.4 is 10.6 Å². The van der Waals surface area contributed by atoms with E-state index < -0.39 is 0 Å². The van der Waals surface area contributed by atoms with E-state index in [9.17, 15) is 19.2 Å². The van der Waals surface area contributed by atoms with Crippen molar-refractivity contribution in [2.24, 2.45) is 34.5 Å². The molecule has 2 saturated carbocycles. The summed E-state index contributed by atoms with van der Waals surface area (Å²) in [5.41, 5.74) is 4.09. The van der Waals surface area contributed by atoms with Gasteiger partial charge in [0.25, 0.3) is 11.8 Å². The molecule has 0 bridgehead atoms. The highest BCUT2D eigenvalue weighted by Gasteiger charge is 2.64. The number of amides is 2. The zero-order valence-electron chi connectivity index (χ0n) is 20.7. The van der Waals surface area contributed by atoms with Gasteiger partial charge in [-0.1, -0.05) is 27.7 Å². The maximum Gasteiger partial charge on any atom is 0.255 e. The first-order valence-corrected chi connectivity index (χ1v) is 12.1. The normalized spacial score (nSPS) is 29.4. The van der Waals surface area contributed by atoms with E-state index in [1.807, 2.05) is 0 Å². The quantitative estimate of drug-likeness (QED) is 0.666. The van der Waals surface area contributed by atoms with Crippen molar-refractivity contribution in [1.29, 1.82) is 0 Å². The average molecular weight is 461 g/mol. The fraction of sp³-hybridized carbons (Fsp3) is 0.500. The third-order valence-corrected chi connectivity index (χ3v) is 8.92. The van der Waals surface area contributed by atoms with Crippen molar-refractivity contribution in [2.75, 3.05) is 0 Å². The predicted molar refractivity (Wildman–Crippen MR) is 128 cm³/mol. The average Bonchev–Trinajstić information content (AvgIpc) is 3.26. The van der Waals surface area contributed by atoms with E-state index in [1.165, 1.54) is 0 Å². The van der Waals surface area contributed by atoms with Gasteiger partial charge in [0, 0.05) is 33.7 Å². The summed E-state index contributed by atoms with van der Waals surface area (Å²) in [6.07, 6.45) is 1.43. The highest BCUT2D eigenvalue weighted by molar-refractivity contribution is 6.02. The molecule has 4 atom stereocenters. The SMILES string of the molecule is CC(=O)C1=C(NC(=O)c2ccc(C(=O)NC3=C(C(C)=O)[C@H]4[C@H](C3)C4(C)C)cc2)C[C@H]2[C@@H]1C2(C)C. The molecule has 0 radical (unpaired) electrons. The van der Waals surface area contributed by atoms with Crippen LogP contribution in [0, 0.1) is 34.5 Å². The molecule has 2 N–H and O–H groups in total. The molecule has 2 amide bonds. The molecule has 34 heavy (non-hydrogen) atoms. The lowest BCUT2D eigenvalue weighted by atomic mass is 9.96. The number of ketones is 2. The molecule has 6 nitrogen and oxygen atoms in total. The maximum atomic E-state index is 12.8. The topological polar surface area (TPSA) is 92.3 Å². The number of Topliss-reactive ketones (excluding diaryl/α,β-unsaturated/α-hetero) is 2. The molecule has 1 aromatic rings. The van der Waals surface area contributed by atoms with E-state index in [0.717, 1.165) is 22.5 Å². The van der Waals surface area contributed by atoms with Crippen molar-refractivity contribution in [3.05, 3.63) is 57.9 Å². The van der Waals surface area contributed by atoms with Crippen molar-refractivity contribution in [3.8, 4) is 0 Å². The van der Waals surface area contributed by atoms with Crippen LogP contribution in [0.1, 0.15) is 75.1 Å². The lowest BCUT2D eigenvalue weighted by Crippen LogP contribution is -2.27. The molecule has 2 fully saturated rings. The Morgan fingerprint density at radius 1 is 0.676 bits per heavy atom. The number of allylic oxidation sites excluding steroid dienone is 4. The van der Waals surface area contributed by atoms with Crippen LogP contribution in [0.5, 0.6) is 0 Å². The first kappa shape index (κ1) is 22.8. The summed E-state index contributed by atoms with van der Waals surface area (Å²) in [6.45, 7) is 11.8. The molecule has 0 heterocycles. The molecule has 4 aliphatic carbocycles. The van der Waals surface area contributed by atoms with Crippen LogP contribution in [0.25, 0.3) is 0 Å². The largest absolute Gasteiger partial charge is 0.325 e. The van der Waals surface area contributed by atoms with Gasteiger partial charge in [-0.15, -0.1) is 0 Å².